The Labute approximate surface area is 96.4 Å². The highest BCUT2D eigenvalue weighted by Crippen LogP contribution is 2.39. The van der Waals surface area contributed by atoms with Gasteiger partial charge in [-0.3, -0.25) is 9.59 Å². The monoisotopic (exact) mass is 230 g/mol. The van der Waals surface area contributed by atoms with Crippen molar-refractivity contribution in [2.45, 2.75) is 45.9 Å². The number of halogens is 1. The second-order valence-corrected chi connectivity index (χ2v) is 6.12. The van der Waals surface area contributed by atoms with Crippen LogP contribution in [-0.2, 0) is 9.59 Å². The Hall–Kier alpha value is -0.370. The summed E-state index contributed by atoms with van der Waals surface area (Å²) in [6.45, 7) is 7.69. The van der Waals surface area contributed by atoms with E-state index in [2.05, 4.69) is 0 Å². The van der Waals surface area contributed by atoms with E-state index >= 15 is 0 Å². The lowest BCUT2D eigenvalue weighted by molar-refractivity contribution is -0.138. The smallest absolute Gasteiger partial charge is 0.147 e. The van der Waals surface area contributed by atoms with Crippen LogP contribution >= 0.6 is 11.6 Å². The first kappa shape index (κ1) is 12.7. The summed E-state index contributed by atoms with van der Waals surface area (Å²) in [5.74, 6) is -0.665. The molecule has 1 rings (SSSR count). The molecule has 0 saturated heterocycles. The van der Waals surface area contributed by atoms with Crippen molar-refractivity contribution < 1.29 is 9.59 Å². The Balaban J connectivity index is 2.84. The van der Waals surface area contributed by atoms with Crippen molar-refractivity contribution in [3.8, 4) is 0 Å². The maximum atomic E-state index is 11.9. The second kappa shape index (κ2) is 4.25. The van der Waals surface area contributed by atoms with Crippen molar-refractivity contribution in [3.05, 3.63) is 0 Å². The normalized spacial score (nSPS) is 30.7. The first-order valence-electron chi connectivity index (χ1n) is 5.45. The van der Waals surface area contributed by atoms with Gasteiger partial charge in [0.25, 0.3) is 0 Å². The standard InChI is InChI=1S/C12H19ClO2/c1-7(2)11(15)10-8(13)5-12(3,4)6-9(10)14/h7-8,10H,5-6H2,1-4H3. The van der Waals surface area contributed by atoms with Crippen LogP contribution in [0.25, 0.3) is 0 Å². The van der Waals surface area contributed by atoms with Crippen LogP contribution in [0.3, 0.4) is 0 Å². The number of carbonyl (C=O) groups is 2. The molecule has 0 N–H and O–H groups in total. The van der Waals surface area contributed by atoms with Crippen LogP contribution in [-0.4, -0.2) is 16.9 Å². The largest absolute Gasteiger partial charge is 0.299 e. The highest BCUT2D eigenvalue weighted by molar-refractivity contribution is 6.25. The fraction of sp³-hybridized carbons (Fsp3) is 0.833. The Morgan fingerprint density at radius 3 is 2.40 bits per heavy atom. The lowest BCUT2D eigenvalue weighted by Crippen LogP contribution is -2.43. The molecular formula is C12H19ClO2. The SMILES string of the molecule is CC(C)C(=O)C1C(=O)CC(C)(C)CC1Cl. The Bertz CT molecular complexity index is 281. The molecule has 1 aliphatic rings. The molecule has 0 aromatic rings. The number of carbonyl (C=O) groups excluding carboxylic acids is 2. The van der Waals surface area contributed by atoms with Gasteiger partial charge in [-0.2, -0.15) is 0 Å². The molecule has 1 aliphatic carbocycles. The Kier molecular flexibility index (Phi) is 3.59. The van der Waals surface area contributed by atoms with Gasteiger partial charge in [0.2, 0.25) is 0 Å². The van der Waals surface area contributed by atoms with Gasteiger partial charge in [0.1, 0.15) is 11.6 Å². The van der Waals surface area contributed by atoms with Gasteiger partial charge in [0.05, 0.1) is 11.3 Å². The van der Waals surface area contributed by atoms with Gasteiger partial charge in [0, 0.05) is 12.3 Å². The number of alkyl halides is 1. The molecule has 0 amide bonds. The first-order valence-corrected chi connectivity index (χ1v) is 5.89. The van der Waals surface area contributed by atoms with Crippen molar-refractivity contribution in [1.29, 1.82) is 0 Å². The summed E-state index contributed by atoms with van der Waals surface area (Å²) in [6.07, 6.45) is 1.21. The minimum atomic E-state index is -0.570. The van der Waals surface area contributed by atoms with Crippen molar-refractivity contribution in [3.63, 3.8) is 0 Å². The molecule has 0 aliphatic heterocycles. The lowest BCUT2D eigenvalue weighted by Gasteiger charge is -2.36. The van der Waals surface area contributed by atoms with Crippen LogP contribution in [0.5, 0.6) is 0 Å². The van der Waals surface area contributed by atoms with Gasteiger partial charge >= 0.3 is 0 Å². The fourth-order valence-electron chi connectivity index (χ4n) is 2.20. The van der Waals surface area contributed by atoms with E-state index in [0.717, 1.165) is 6.42 Å². The molecule has 0 aromatic carbocycles. The zero-order chi connectivity index (χ0) is 11.8. The third-order valence-electron chi connectivity index (χ3n) is 2.98. The average Bonchev–Trinajstić information content (AvgIpc) is 1.99. The lowest BCUT2D eigenvalue weighted by atomic mass is 9.70. The maximum absolute atomic E-state index is 11.9. The summed E-state index contributed by atoms with van der Waals surface area (Å²) < 4.78 is 0. The molecule has 15 heavy (non-hydrogen) atoms. The van der Waals surface area contributed by atoms with Gasteiger partial charge in [-0.25, -0.2) is 0 Å². The van der Waals surface area contributed by atoms with Crippen molar-refractivity contribution in [1.82, 2.24) is 0 Å². The summed E-state index contributed by atoms with van der Waals surface area (Å²) in [4.78, 5) is 23.7. The van der Waals surface area contributed by atoms with Gasteiger partial charge in [0.15, 0.2) is 0 Å². The maximum Gasteiger partial charge on any atom is 0.147 e. The molecule has 0 aromatic heterocycles. The van der Waals surface area contributed by atoms with E-state index in [1.165, 1.54) is 0 Å². The first-order chi connectivity index (χ1) is 6.74. The van der Waals surface area contributed by atoms with Crippen LogP contribution in [0.1, 0.15) is 40.5 Å². The van der Waals surface area contributed by atoms with Crippen molar-refractivity contribution in [2.24, 2.45) is 17.3 Å². The van der Waals surface area contributed by atoms with Gasteiger partial charge in [-0.15, -0.1) is 11.6 Å². The van der Waals surface area contributed by atoms with E-state index < -0.39 is 5.92 Å². The average molecular weight is 231 g/mol. The van der Waals surface area contributed by atoms with Gasteiger partial charge < -0.3 is 0 Å². The highest BCUT2D eigenvalue weighted by atomic mass is 35.5. The zero-order valence-corrected chi connectivity index (χ0v) is 10.6. The van der Waals surface area contributed by atoms with Crippen molar-refractivity contribution in [2.75, 3.05) is 0 Å². The molecule has 2 atom stereocenters. The minimum absolute atomic E-state index is 0.00417. The predicted octanol–water partition coefficient (Wildman–Crippen LogP) is 2.82. The molecule has 86 valence electrons. The number of hydrogen-bond acceptors (Lipinski definition) is 2. The van der Waals surface area contributed by atoms with E-state index in [0.29, 0.717) is 6.42 Å². The molecule has 0 spiro atoms. The van der Waals surface area contributed by atoms with Crippen LogP contribution in [0.4, 0.5) is 0 Å². The summed E-state index contributed by atoms with van der Waals surface area (Å²) in [5.41, 5.74) is -0.0583. The van der Waals surface area contributed by atoms with Crippen LogP contribution < -0.4 is 0 Å². The number of ketones is 2. The van der Waals surface area contributed by atoms with Crippen LogP contribution in [0.15, 0.2) is 0 Å². The molecule has 1 fully saturated rings. The topological polar surface area (TPSA) is 34.1 Å². The summed E-state index contributed by atoms with van der Waals surface area (Å²) in [6, 6.07) is 0. The zero-order valence-electron chi connectivity index (χ0n) is 9.84. The molecular weight excluding hydrogens is 212 g/mol. The molecule has 0 heterocycles. The van der Waals surface area contributed by atoms with E-state index in [1.54, 1.807) is 0 Å². The molecule has 0 bridgehead atoms. The van der Waals surface area contributed by atoms with Crippen molar-refractivity contribution >= 4 is 23.2 Å². The predicted molar refractivity (Wildman–Crippen MR) is 61.0 cm³/mol. The Morgan fingerprint density at radius 1 is 1.47 bits per heavy atom. The molecule has 2 nitrogen and oxygen atoms in total. The van der Waals surface area contributed by atoms with Crippen LogP contribution in [0, 0.1) is 17.3 Å². The van der Waals surface area contributed by atoms with E-state index in [4.69, 9.17) is 11.6 Å². The quantitative estimate of drug-likeness (QED) is 0.540. The second-order valence-electron chi connectivity index (χ2n) is 5.56. The van der Waals surface area contributed by atoms with Gasteiger partial charge in [-0.05, 0) is 11.8 Å². The number of hydrogen-bond donors (Lipinski definition) is 0. The van der Waals surface area contributed by atoms with E-state index in [9.17, 15) is 9.59 Å². The van der Waals surface area contributed by atoms with E-state index in [1.807, 2.05) is 27.7 Å². The molecule has 1 saturated carbocycles. The summed E-state index contributed by atoms with van der Waals surface area (Å²) >= 11 is 6.16. The Morgan fingerprint density at radius 2 is 2.00 bits per heavy atom. The third-order valence-corrected chi connectivity index (χ3v) is 3.39. The molecule has 2 unspecified atom stereocenters. The van der Waals surface area contributed by atoms with Crippen LogP contribution in [0.2, 0.25) is 0 Å². The van der Waals surface area contributed by atoms with Gasteiger partial charge in [-0.1, -0.05) is 27.7 Å². The molecule has 0 radical (unpaired) electrons. The molecule has 3 heteroatoms. The fourth-order valence-corrected chi connectivity index (χ4v) is 2.88. The van der Waals surface area contributed by atoms with E-state index in [-0.39, 0.29) is 28.3 Å². The summed E-state index contributed by atoms with van der Waals surface area (Å²) in [7, 11) is 0. The minimum Gasteiger partial charge on any atom is -0.299 e. The number of rotatable bonds is 2. The number of Topliss-reactive ketones (excluding diaryl/α,β-unsaturated/α-hetero) is 2. The third kappa shape index (κ3) is 2.81. The summed E-state index contributed by atoms with van der Waals surface area (Å²) in [5, 5.41) is -0.323. The highest BCUT2D eigenvalue weighted by Gasteiger charge is 2.43.